The molecule has 2 aliphatic rings. The van der Waals surface area contributed by atoms with Crippen molar-refractivity contribution in [2.75, 3.05) is 35.3 Å². The number of ether oxygens (including phenoxy) is 2. The standard InChI is InChI=1S/C24H29ClN4O6S2/c1-8-11(2)35-18-13(25)9-12(10-14(18)34-7)15(16-19(30)26(3)23(36)27(4)20(16)31)17-21(32)28(5)24(37)29(6)22(17)33/h9-11,15-17H,8H2,1-7H3. The molecule has 1 aromatic rings. The van der Waals surface area contributed by atoms with Crippen molar-refractivity contribution < 1.29 is 28.7 Å². The number of rotatable bonds is 7. The van der Waals surface area contributed by atoms with Gasteiger partial charge in [0.15, 0.2) is 21.7 Å². The van der Waals surface area contributed by atoms with Crippen LogP contribution in [0.3, 0.4) is 0 Å². The molecule has 0 N–H and O–H groups in total. The molecule has 13 heteroatoms. The summed E-state index contributed by atoms with van der Waals surface area (Å²) in [4.78, 5) is 58.7. The molecule has 0 bridgehead atoms. The first-order valence-corrected chi connectivity index (χ1v) is 12.7. The third-order valence-electron chi connectivity index (χ3n) is 6.78. The van der Waals surface area contributed by atoms with Crippen molar-refractivity contribution in [3.63, 3.8) is 0 Å². The number of nitrogens with zero attached hydrogens (tertiary/aromatic N) is 4. The average molecular weight is 569 g/mol. The Bertz CT molecular complexity index is 1090. The van der Waals surface area contributed by atoms with Crippen molar-refractivity contribution in [2.45, 2.75) is 32.3 Å². The van der Waals surface area contributed by atoms with Gasteiger partial charge < -0.3 is 9.47 Å². The number of thiocarbonyl (C=S) groups is 2. The second-order valence-electron chi connectivity index (χ2n) is 9.01. The molecule has 2 fully saturated rings. The minimum Gasteiger partial charge on any atom is -0.493 e. The second kappa shape index (κ2) is 10.9. The Morgan fingerprint density at radius 3 is 1.62 bits per heavy atom. The Kier molecular flexibility index (Phi) is 8.45. The van der Waals surface area contributed by atoms with Crippen LogP contribution in [0.4, 0.5) is 0 Å². The summed E-state index contributed by atoms with van der Waals surface area (Å²) in [7, 11) is 7.17. The summed E-state index contributed by atoms with van der Waals surface area (Å²) in [6.45, 7) is 3.82. The molecule has 37 heavy (non-hydrogen) atoms. The first-order valence-electron chi connectivity index (χ1n) is 11.5. The van der Waals surface area contributed by atoms with E-state index in [-0.39, 0.29) is 38.4 Å². The van der Waals surface area contributed by atoms with Crippen LogP contribution in [0.1, 0.15) is 31.7 Å². The molecule has 2 heterocycles. The normalized spacial score (nSPS) is 18.9. The highest BCUT2D eigenvalue weighted by Crippen LogP contribution is 2.45. The number of halogens is 1. The molecule has 1 aromatic carbocycles. The first-order chi connectivity index (χ1) is 17.3. The molecule has 2 saturated heterocycles. The fourth-order valence-electron chi connectivity index (χ4n) is 4.40. The predicted molar refractivity (Wildman–Crippen MR) is 144 cm³/mol. The molecule has 0 spiro atoms. The maximum atomic E-state index is 13.5. The Hall–Kier alpha value is -2.83. The molecular weight excluding hydrogens is 540 g/mol. The number of hydrogen-bond donors (Lipinski definition) is 0. The fraction of sp³-hybridized carbons (Fsp3) is 0.500. The lowest BCUT2D eigenvalue weighted by atomic mass is 9.73. The average Bonchev–Trinajstić information content (AvgIpc) is 2.88. The van der Waals surface area contributed by atoms with Gasteiger partial charge in [0, 0.05) is 34.1 Å². The van der Waals surface area contributed by atoms with Crippen LogP contribution in [-0.4, -0.2) is 94.9 Å². The Labute approximate surface area is 231 Å². The van der Waals surface area contributed by atoms with Crippen molar-refractivity contribution in [1.82, 2.24) is 19.6 Å². The maximum Gasteiger partial charge on any atom is 0.241 e. The van der Waals surface area contributed by atoms with Crippen LogP contribution in [0.2, 0.25) is 5.02 Å². The van der Waals surface area contributed by atoms with Crippen LogP contribution < -0.4 is 9.47 Å². The van der Waals surface area contributed by atoms with E-state index < -0.39 is 41.4 Å². The Morgan fingerprint density at radius 1 is 0.865 bits per heavy atom. The number of carbonyl (C=O) groups excluding carboxylic acids is 4. The molecule has 200 valence electrons. The van der Waals surface area contributed by atoms with Gasteiger partial charge in [0.2, 0.25) is 23.6 Å². The van der Waals surface area contributed by atoms with E-state index in [2.05, 4.69) is 0 Å². The summed E-state index contributed by atoms with van der Waals surface area (Å²) >= 11 is 17.1. The lowest BCUT2D eigenvalue weighted by Gasteiger charge is -2.43. The van der Waals surface area contributed by atoms with E-state index in [9.17, 15) is 19.2 Å². The van der Waals surface area contributed by atoms with E-state index in [1.807, 2.05) is 13.8 Å². The minimum absolute atomic E-state index is 0.00891. The molecule has 0 saturated carbocycles. The van der Waals surface area contributed by atoms with Crippen LogP contribution in [0.5, 0.6) is 11.5 Å². The van der Waals surface area contributed by atoms with E-state index in [1.54, 1.807) is 0 Å². The summed E-state index contributed by atoms with van der Waals surface area (Å²) in [6.07, 6.45) is 0.527. The van der Waals surface area contributed by atoms with Crippen LogP contribution in [0.25, 0.3) is 0 Å². The molecule has 0 aliphatic carbocycles. The summed E-state index contributed by atoms with van der Waals surface area (Å²) in [5.41, 5.74) is 0.279. The molecule has 3 rings (SSSR count). The number of carbonyl (C=O) groups is 4. The third kappa shape index (κ3) is 4.89. The molecule has 10 nitrogen and oxygen atoms in total. The zero-order valence-corrected chi connectivity index (χ0v) is 24.0. The largest absolute Gasteiger partial charge is 0.493 e. The highest BCUT2D eigenvalue weighted by molar-refractivity contribution is 7.80. The van der Waals surface area contributed by atoms with E-state index in [0.717, 1.165) is 19.6 Å². The highest BCUT2D eigenvalue weighted by Gasteiger charge is 2.54. The summed E-state index contributed by atoms with van der Waals surface area (Å²) in [5, 5.41) is 0.157. The van der Waals surface area contributed by atoms with Crippen LogP contribution in [0.15, 0.2) is 12.1 Å². The minimum atomic E-state index is -1.45. The zero-order valence-electron chi connectivity index (χ0n) is 21.6. The van der Waals surface area contributed by atoms with Gasteiger partial charge in [0.1, 0.15) is 11.8 Å². The fourth-order valence-corrected chi connectivity index (χ4v) is 5.02. The van der Waals surface area contributed by atoms with Crippen molar-refractivity contribution in [3.8, 4) is 11.5 Å². The molecule has 2 aliphatic heterocycles. The van der Waals surface area contributed by atoms with Crippen LogP contribution in [-0.2, 0) is 19.2 Å². The van der Waals surface area contributed by atoms with Gasteiger partial charge in [-0.05, 0) is 55.5 Å². The van der Waals surface area contributed by atoms with Crippen LogP contribution in [0, 0.1) is 11.8 Å². The Balaban J connectivity index is 2.28. The smallest absolute Gasteiger partial charge is 0.241 e. The van der Waals surface area contributed by atoms with Gasteiger partial charge >= 0.3 is 0 Å². The SMILES string of the molecule is CCC(C)Oc1c(Cl)cc(C(C2C(=O)N(C)C(=S)N(C)C2=O)C2C(=O)N(C)C(=S)N(C)C2=O)cc1OC. The van der Waals surface area contributed by atoms with Gasteiger partial charge in [-0.1, -0.05) is 18.5 Å². The summed E-state index contributed by atoms with van der Waals surface area (Å²) < 4.78 is 11.5. The molecular formula is C24H29ClN4O6S2. The molecule has 1 unspecified atom stereocenters. The third-order valence-corrected chi connectivity index (χ3v) is 8.16. The van der Waals surface area contributed by atoms with Gasteiger partial charge in [-0.2, -0.15) is 0 Å². The lowest BCUT2D eigenvalue weighted by Crippen LogP contribution is -2.63. The second-order valence-corrected chi connectivity index (χ2v) is 10.1. The molecule has 1 atom stereocenters. The van der Waals surface area contributed by atoms with E-state index >= 15 is 0 Å². The molecule has 0 aromatic heterocycles. The van der Waals surface area contributed by atoms with Crippen LogP contribution >= 0.6 is 36.0 Å². The van der Waals surface area contributed by atoms with Crippen molar-refractivity contribution >= 4 is 69.9 Å². The number of methoxy groups -OCH3 is 1. The lowest BCUT2D eigenvalue weighted by molar-refractivity contribution is -0.152. The summed E-state index contributed by atoms with van der Waals surface area (Å²) in [5.74, 6) is -6.22. The number of amides is 4. The maximum absolute atomic E-state index is 13.5. The molecule has 4 amide bonds. The van der Waals surface area contributed by atoms with Gasteiger partial charge in [-0.3, -0.25) is 38.8 Å². The summed E-state index contributed by atoms with van der Waals surface area (Å²) in [6, 6.07) is 3.03. The van der Waals surface area contributed by atoms with Gasteiger partial charge in [-0.15, -0.1) is 0 Å². The first kappa shape index (κ1) is 28.7. The molecule has 0 radical (unpaired) electrons. The highest BCUT2D eigenvalue weighted by atomic mass is 35.5. The number of benzene rings is 1. The van der Waals surface area contributed by atoms with Gasteiger partial charge in [0.05, 0.1) is 18.2 Å². The Morgan fingerprint density at radius 2 is 1.27 bits per heavy atom. The predicted octanol–water partition coefficient (Wildman–Crippen LogP) is 2.27. The van der Waals surface area contributed by atoms with E-state index in [0.29, 0.717) is 6.42 Å². The van der Waals surface area contributed by atoms with E-state index in [4.69, 9.17) is 45.5 Å². The number of hydrogen-bond acceptors (Lipinski definition) is 8. The van der Waals surface area contributed by atoms with E-state index in [1.165, 1.54) is 47.4 Å². The van der Waals surface area contributed by atoms with Gasteiger partial charge in [-0.25, -0.2) is 0 Å². The van der Waals surface area contributed by atoms with Crippen molar-refractivity contribution in [1.29, 1.82) is 0 Å². The topological polar surface area (TPSA) is 99.7 Å². The monoisotopic (exact) mass is 568 g/mol. The zero-order chi connectivity index (χ0) is 27.9. The quantitative estimate of drug-likeness (QED) is 0.365. The van der Waals surface area contributed by atoms with Crippen molar-refractivity contribution in [3.05, 3.63) is 22.7 Å². The van der Waals surface area contributed by atoms with Crippen molar-refractivity contribution in [2.24, 2.45) is 11.8 Å². The van der Waals surface area contributed by atoms with Gasteiger partial charge in [0.25, 0.3) is 0 Å².